The number of hydrogen-bond donors (Lipinski definition) is 1. The molecule has 2 aliphatic heterocycles. The van der Waals surface area contributed by atoms with Gasteiger partial charge in [0, 0.05) is 18.3 Å². The zero-order valence-electron chi connectivity index (χ0n) is 14.4. The van der Waals surface area contributed by atoms with Gasteiger partial charge in [0.25, 0.3) is 5.91 Å². The van der Waals surface area contributed by atoms with E-state index in [1.165, 1.54) is 4.90 Å². The third-order valence-electron chi connectivity index (χ3n) is 4.51. The van der Waals surface area contributed by atoms with Crippen LogP contribution in [0.15, 0.2) is 47.5 Å². The molecule has 2 aliphatic rings. The quantitative estimate of drug-likeness (QED) is 0.840. The molecule has 0 bridgehead atoms. The van der Waals surface area contributed by atoms with E-state index >= 15 is 0 Å². The molecule has 2 aromatic rings. The van der Waals surface area contributed by atoms with Crippen LogP contribution in [0.5, 0.6) is 5.75 Å². The van der Waals surface area contributed by atoms with Gasteiger partial charge in [0.05, 0.1) is 12.3 Å². The third-order valence-corrected chi connectivity index (χ3v) is 4.51. The molecule has 26 heavy (non-hydrogen) atoms. The molecule has 132 valence electrons. The minimum Gasteiger partial charge on any atom is -0.494 e. The number of amides is 3. The molecule has 1 unspecified atom stereocenters. The Morgan fingerprint density at radius 1 is 1.19 bits per heavy atom. The normalized spacial score (nSPS) is 18.2. The van der Waals surface area contributed by atoms with Crippen LogP contribution < -0.4 is 15.0 Å². The zero-order chi connectivity index (χ0) is 18.1. The molecular formula is C20H19N3O3. The van der Waals surface area contributed by atoms with Gasteiger partial charge in [-0.1, -0.05) is 25.1 Å². The fourth-order valence-electron chi connectivity index (χ4n) is 3.24. The van der Waals surface area contributed by atoms with Gasteiger partial charge in [-0.05, 0) is 41.8 Å². The molecule has 0 aromatic heterocycles. The minimum absolute atomic E-state index is 0.332. The van der Waals surface area contributed by atoms with Crippen molar-refractivity contribution in [3.63, 3.8) is 0 Å². The number of carbonyl (C=O) groups excluding carboxylic acids is 2. The standard InChI is InChI=1S/C20H19N3O3/c1-2-11-26-16-7-4-14(5-8-16)18-19(24)22-20(25)23(18)15-6-3-13-9-10-21-17(13)12-15/h3-8,10,12,18H,2,9,11H2,1H3,(H,22,24,25). The number of rotatable bonds is 5. The van der Waals surface area contributed by atoms with Gasteiger partial charge >= 0.3 is 6.03 Å². The first-order valence-corrected chi connectivity index (χ1v) is 8.69. The number of imide groups is 1. The van der Waals surface area contributed by atoms with Gasteiger partial charge in [0.15, 0.2) is 0 Å². The van der Waals surface area contributed by atoms with Gasteiger partial charge < -0.3 is 4.74 Å². The van der Waals surface area contributed by atoms with Crippen molar-refractivity contribution >= 4 is 29.5 Å². The first-order chi connectivity index (χ1) is 12.7. The van der Waals surface area contributed by atoms with E-state index in [9.17, 15) is 9.59 Å². The highest BCUT2D eigenvalue weighted by molar-refractivity contribution is 6.14. The first-order valence-electron chi connectivity index (χ1n) is 8.69. The number of carbonyl (C=O) groups is 2. The number of hydrogen-bond acceptors (Lipinski definition) is 4. The van der Waals surface area contributed by atoms with E-state index in [2.05, 4.69) is 10.3 Å². The number of nitrogens with zero attached hydrogens (tertiary/aromatic N) is 2. The number of ether oxygens (including phenoxy) is 1. The summed E-state index contributed by atoms with van der Waals surface area (Å²) in [6.07, 6.45) is 3.56. The van der Waals surface area contributed by atoms with Gasteiger partial charge in [-0.15, -0.1) is 0 Å². The topological polar surface area (TPSA) is 71.0 Å². The Hall–Kier alpha value is -3.15. The largest absolute Gasteiger partial charge is 0.494 e. The van der Waals surface area contributed by atoms with Crippen LogP contribution in [0.2, 0.25) is 0 Å². The van der Waals surface area contributed by atoms with Crippen LogP contribution in [0.4, 0.5) is 16.2 Å². The molecule has 1 atom stereocenters. The van der Waals surface area contributed by atoms with Gasteiger partial charge in [-0.2, -0.15) is 0 Å². The second-order valence-corrected chi connectivity index (χ2v) is 6.31. The maximum absolute atomic E-state index is 12.4. The highest BCUT2D eigenvalue weighted by atomic mass is 16.5. The summed E-state index contributed by atoms with van der Waals surface area (Å²) in [5.41, 5.74) is 3.36. The van der Waals surface area contributed by atoms with Crippen molar-refractivity contribution in [3.05, 3.63) is 53.6 Å². The summed E-state index contributed by atoms with van der Waals surface area (Å²) in [7, 11) is 0. The summed E-state index contributed by atoms with van der Waals surface area (Å²) >= 11 is 0. The number of aliphatic imine (C=N–C) groups is 1. The highest BCUT2D eigenvalue weighted by Gasteiger charge is 2.40. The Morgan fingerprint density at radius 2 is 2.00 bits per heavy atom. The monoisotopic (exact) mass is 349 g/mol. The summed E-state index contributed by atoms with van der Waals surface area (Å²) in [4.78, 5) is 30.6. The van der Waals surface area contributed by atoms with Crippen LogP contribution in [0.3, 0.4) is 0 Å². The number of anilines is 1. The Balaban J connectivity index is 1.66. The maximum atomic E-state index is 12.4. The van der Waals surface area contributed by atoms with E-state index in [0.717, 1.165) is 35.4 Å². The van der Waals surface area contributed by atoms with Crippen molar-refractivity contribution in [2.24, 2.45) is 4.99 Å². The van der Waals surface area contributed by atoms with Crippen molar-refractivity contribution in [2.75, 3.05) is 11.5 Å². The molecule has 2 aromatic carbocycles. The van der Waals surface area contributed by atoms with Gasteiger partial charge in [-0.3, -0.25) is 20.0 Å². The van der Waals surface area contributed by atoms with E-state index in [1.54, 1.807) is 0 Å². The molecule has 6 nitrogen and oxygen atoms in total. The lowest BCUT2D eigenvalue weighted by atomic mass is 10.0. The summed E-state index contributed by atoms with van der Waals surface area (Å²) < 4.78 is 5.59. The molecule has 0 saturated carbocycles. The number of urea groups is 1. The first kappa shape index (κ1) is 16.3. The summed E-state index contributed by atoms with van der Waals surface area (Å²) in [6.45, 7) is 2.69. The third kappa shape index (κ3) is 2.83. The highest BCUT2D eigenvalue weighted by Crippen LogP contribution is 2.36. The molecule has 6 heteroatoms. The average molecular weight is 349 g/mol. The number of benzene rings is 2. The fourth-order valence-corrected chi connectivity index (χ4v) is 3.24. The Morgan fingerprint density at radius 3 is 2.77 bits per heavy atom. The minimum atomic E-state index is -0.703. The van der Waals surface area contributed by atoms with E-state index in [4.69, 9.17) is 4.74 Å². The molecule has 0 radical (unpaired) electrons. The SMILES string of the molecule is CCCOc1ccc(C2C(=O)NC(=O)N2c2ccc3c(c2)N=CC3)cc1. The molecule has 4 rings (SSSR count). The van der Waals surface area contributed by atoms with Crippen molar-refractivity contribution < 1.29 is 14.3 Å². The molecule has 3 amide bonds. The zero-order valence-corrected chi connectivity index (χ0v) is 14.4. The van der Waals surface area contributed by atoms with Crippen molar-refractivity contribution in [2.45, 2.75) is 25.8 Å². The molecular weight excluding hydrogens is 330 g/mol. The molecule has 1 N–H and O–H groups in total. The van der Waals surface area contributed by atoms with Gasteiger partial charge in [0.2, 0.25) is 0 Å². The maximum Gasteiger partial charge on any atom is 0.329 e. The molecule has 0 aliphatic carbocycles. The average Bonchev–Trinajstić information content (AvgIpc) is 3.23. The van der Waals surface area contributed by atoms with Crippen LogP contribution in [0, 0.1) is 0 Å². The van der Waals surface area contributed by atoms with Crippen LogP contribution in [-0.4, -0.2) is 24.8 Å². The van der Waals surface area contributed by atoms with Crippen LogP contribution >= 0.6 is 0 Å². The summed E-state index contributed by atoms with van der Waals surface area (Å²) in [5, 5.41) is 2.41. The van der Waals surface area contributed by atoms with E-state index < -0.39 is 12.1 Å². The van der Waals surface area contributed by atoms with Crippen LogP contribution in [0.25, 0.3) is 0 Å². The molecule has 1 fully saturated rings. The predicted molar refractivity (Wildman–Crippen MR) is 99.3 cm³/mol. The Bertz CT molecular complexity index is 890. The van der Waals surface area contributed by atoms with Crippen LogP contribution in [0.1, 0.15) is 30.5 Å². The van der Waals surface area contributed by atoms with Crippen molar-refractivity contribution in [3.8, 4) is 5.75 Å². The van der Waals surface area contributed by atoms with E-state index in [1.807, 2.05) is 55.6 Å². The van der Waals surface area contributed by atoms with Crippen LogP contribution in [-0.2, 0) is 11.2 Å². The lowest BCUT2D eigenvalue weighted by Gasteiger charge is -2.22. The molecule has 1 saturated heterocycles. The number of fused-ring (bicyclic) bond motifs is 1. The van der Waals surface area contributed by atoms with Crippen molar-refractivity contribution in [1.82, 2.24) is 5.32 Å². The van der Waals surface area contributed by atoms with E-state index in [0.29, 0.717) is 12.3 Å². The number of nitrogens with one attached hydrogen (secondary N) is 1. The lowest BCUT2D eigenvalue weighted by molar-refractivity contribution is -0.119. The summed E-state index contributed by atoms with van der Waals surface area (Å²) in [5.74, 6) is 0.417. The second-order valence-electron chi connectivity index (χ2n) is 6.31. The van der Waals surface area contributed by atoms with Crippen molar-refractivity contribution in [1.29, 1.82) is 0 Å². The Labute approximate surface area is 151 Å². The fraction of sp³-hybridized carbons (Fsp3) is 0.250. The van der Waals surface area contributed by atoms with E-state index in [-0.39, 0.29) is 5.91 Å². The van der Waals surface area contributed by atoms with Gasteiger partial charge in [0.1, 0.15) is 11.8 Å². The lowest BCUT2D eigenvalue weighted by Crippen LogP contribution is -2.29. The van der Waals surface area contributed by atoms with Gasteiger partial charge in [-0.25, -0.2) is 4.79 Å². The smallest absolute Gasteiger partial charge is 0.329 e. The second kappa shape index (κ2) is 6.63. The summed E-state index contributed by atoms with van der Waals surface area (Å²) in [6, 6.07) is 11.8. The molecule has 0 spiro atoms. The molecule has 2 heterocycles. The predicted octanol–water partition coefficient (Wildman–Crippen LogP) is 3.53. The Kier molecular flexibility index (Phi) is 4.16.